The molecule has 29 heavy (non-hydrogen) atoms. The van der Waals surface area contributed by atoms with Crippen LogP contribution in [-0.4, -0.2) is 27.6 Å². The Labute approximate surface area is 176 Å². The third kappa shape index (κ3) is 6.15. The summed E-state index contributed by atoms with van der Waals surface area (Å²) in [7, 11) is 0. The van der Waals surface area contributed by atoms with Gasteiger partial charge in [0.15, 0.2) is 0 Å². The zero-order chi connectivity index (χ0) is 21.9. The molecule has 2 aromatic rings. The van der Waals surface area contributed by atoms with Gasteiger partial charge in [0.05, 0.1) is 0 Å². The lowest BCUT2D eigenvalue weighted by atomic mass is 9.95. The van der Waals surface area contributed by atoms with E-state index < -0.39 is 11.1 Å². The number of hydrogen-bond acceptors (Lipinski definition) is 3. The van der Waals surface area contributed by atoms with Crippen LogP contribution in [0.3, 0.4) is 0 Å². The van der Waals surface area contributed by atoms with E-state index in [2.05, 4.69) is 50.4 Å². The predicted octanol–water partition coefficient (Wildman–Crippen LogP) is 5.50. The standard InChI is InChI=1S/C25H36N2O2/c1-23(2,3)26-22(28)25(7,8)27(24(4,5)6)29-21(19-15-11-9-12-16-19)20-17-13-10-14-18-20/h9-18,21H,1-8H3,(H,26,28). The Morgan fingerprint density at radius 3 is 1.55 bits per heavy atom. The van der Waals surface area contributed by atoms with Crippen LogP contribution in [0.5, 0.6) is 0 Å². The van der Waals surface area contributed by atoms with Gasteiger partial charge in [0.1, 0.15) is 11.6 Å². The topological polar surface area (TPSA) is 41.6 Å². The molecule has 0 fully saturated rings. The maximum atomic E-state index is 13.2. The van der Waals surface area contributed by atoms with Crippen molar-refractivity contribution in [1.29, 1.82) is 0 Å². The summed E-state index contributed by atoms with van der Waals surface area (Å²) in [5.74, 6) is -0.0696. The van der Waals surface area contributed by atoms with E-state index in [1.807, 2.05) is 76.1 Å². The molecular weight excluding hydrogens is 360 g/mol. The molecule has 1 amide bonds. The van der Waals surface area contributed by atoms with Gasteiger partial charge in [-0.05, 0) is 66.5 Å². The third-order valence-electron chi connectivity index (χ3n) is 4.58. The lowest BCUT2D eigenvalue weighted by Gasteiger charge is -2.46. The molecule has 1 N–H and O–H groups in total. The molecule has 0 spiro atoms. The van der Waals surface area contributed by atoms with Crippen molar-refractivity contribution in [2.45, 2.75) is 78.1 Å². The highest BCUT2D eigenvalue weighted by Gasteiger charge is 2.44. The number of carbonyl (C=O) groups excluding carboxylic acids is 1. The number of amides is 1. The highest BCUT2D eigenvalue weighted by atomic mass is 16.7. The Kier molecular flexibility index (Phi) is 6.92. The van der Waals surface area contributed by atoms with Crippen molar-refractivity contribution >= 4 is 5.91 Å². The second-order valence-electron chi connectivity index (χ2n) is 10.0. The van der Waals surface area contributed by atoms with E-state index in [-0.39, 0.29) is 17.6 Å². The summed E-state index contributed by atoms with van der Waals surface area (Å²) in [5, 5.41) is 4.94. The van der Waals surface area contributed by atoms with E-state index in [9.17, 15) is 4.79 Å². The summed E-state index contributed by atoms with van der Waals surface area (Å²) in [4.78, 5) is 19.9. The summed E-state index contributed by atoms with van der Waals surface area (Å²) in [6.45, 7) is 16.0. The van der Waals surface area contributed by atoms with Crippen LogP contribution in [0, 0.1) is 0 Å². The van der Waals surface area contributed by atoms with Gasteiger partial charge in [-0.15, -0.1) is 0 Å². The minimum atomic E-state index is -0.882. The molecule has 158 valence electrons. The molecule has 0 unspecified atom stereocenters. The van der Waals surface area contributed by atoms with Crippen LogP contribution in [0.1, 0.15) is 72.6 Å². The Morgan fingerprint density at radius 1 is 0.793 bits per heavy atom. The number of hydroxylamine groups is 2. The summed E-state index contributed by atoms with van der Waals surface area (Å²) in [6, 6.07) is 20.2. The fourth-order valence-corrected chi connectivity index (χ4v) is 3.39. The SMILES string of the molecule is CC(C)(C)NC(=O)C(C)(C)N(OC(c1ccccc1)c1ccccc1)C(C)(C)C. The molecule has 4 heteroatoms. The molecule has 2 aromatic carbocycles. The number of rotatable bonds is 6. The van der Waals surface area contributed by atoms with E-state index in [1.165, 1.54) is 0 Å². The molecule has 0 bridgehead atoms. The molecule has 0 radical (unpaired) electrons. The first-order valence-electron chi connectivity index (χ1n) is 10.2. The molecular formula is C25H36N2O2. The molecule has 0 heterocycles. The maximum absolute atomic E-state index is 13.2. The number of nitrogens with one attached hydrogen (secondary N) is 1. The molecule has 0 saturated carbocycles. The number of hydrogen-bond donors (Lipinski definition) is 1. The van der Waals surface area contributed by atoms with Crippen molar-refractivity contribution in [1.82, 2.24) is 10.4 Å². The number of benzene rings is 2. The zero-order valence-electron chi connectivity index (χ0n) is 19.1. The van der Waals surface area contributed by atoms with Crippen molar-refractivity contribution in [2.24, 2.45) is 0 Å². The number of carbonyl (C=O) groups is 1. The largest absolute Gasteiger partial charge is 0.350 e. The zero-order valence-corrected chi connectivity index (χ0v) is 19.1. The lowest BCUT2D eigenvalue weighted by Crippen LogP contribution is -2.63. The highest BCUT2D eigenvalue weighted by Crippen LogP contribution is 2.34. The van der Waals surface area contributed by atoms with Crippen LogP contribution in [0.15, 0.2) is 60.7 Å². The van der Waals surface area contributed by atoms with Gasteiger partial charge in [-0.2, -0.15) is 5.06 Å². The first-order chi connectivity index (χ1) is 13.3. The van der Waals surface area contributed by atoms with E-state index in [0.29, 0.717) is 0 Å². The van der Waals surface area contributed by atoms with Gasteiger partial charge < -0.3 is 5.32 Å². The van der Waals surface area contributed by atoms with Crippen molar-refractivity contribution in [2.75, 3.05) is 0 Å². The van der Waals surface area contributed by atoms with Gasteiger partial charge in [0.25, 0.3) is 0 Å². The van der Waals surface area contributed by atoms with Crippen molar-refractivity contribution in [3.8, 4) is 0 Å². The van der Waals surface area contributed by atoms with Crippen LogP contribution in [-0.2, 0) is 9.63 Å². The normalized spacial score (nSPS) is 13.0. The predicted molar refractivity (Wildman–Crippen MR) is 119 cm³/mol. The van der Waals surface area contributed by atoms with Crippen molar-refractivity contribution < 1.29 is 9.63 Å². The first kappa shape index (κ1) is 23.1. The quantitative estimate of drug-likeness (QED) is 0.655. The fraction of sp³-hybridized carbons (Fsp3) is 0.480. The van der Waals surface area contributed by atoms with Crippen LogP contribution >= 0.6 is 0 Å². The minimum absolute atomic E-state index is 0.0696. The highest BCUT2D eigenvalue weighted by molar-refractivity contribution is 5.85. The van der Waals surface area contributed by atoms with Gasteiger partial charge in [0, 0.05) is 11.1 Å². The summed E-state index contributed by atoms with van der Waals surface area (Å²) in [6.07, 6.45) is -0.321. The monoisotopic (exact) mass is 396 g/mol. The van der Waals surface area contributed by atoms with Crippen molar-refractivity contribution in [3.05, 3.63) is 71.8 Å². The molecule has 0 aromatic heterocycles. The Balaban J connectivity index is 2.47. The molecule has 0 aliphatic rings. The molecule has 2 rings (SSSR count). The molecule has 4 nitrogen and oxygen atoms in total. The number of nitrogens with zero attached hydrogens (tertiary/aromatic N) is 1. The first-order valence-corrected chi connectivity index (χ1v) is 10.2. The molecule has 0 aliphatic carbocycles. The summed E-state index contributed by atoms with van der Waals surface area (Å²) in [5.41, 5.74) is 0.476. The van der Waals surface area contributed by atoms with Gasteiger partial charge >= 0.3 is 0 Å². The Hall–Kier alpha value is -2.17. The van der Waals surface area contributed by atoms with E-state index in [0.717, 1.165) is 11.1 Å². The van der Waals surface area contributed by atoms with Crippen LogP contribution in [0.2, 0.25) is 0 Å². The van der Waals surface area contributed by atoms with Gasteiger partial charge in [-0.3, -0.25) is 9.63 Å². The van der Waals surface area contributed by atoms with Crippen LogP contribution < -0.4 is 5.32 Å². The van der Waals surface area contributed by atoms with Crippen LogP contribution in [0.25, 0.3) is 0 Å². The van der Waals surface area contributed by atoms with Crippen molar-refractivity contribution in [3.63, 3.8) is 0 Å². The van der Waals surface area contributed by atoms with E-state index in [4.69, 9.17) is 4.84 Å². The smallest absolute Gasteiger partial charge is 0.242 e. The molecule has 0 saturated heterocycles. The second kappa shape index (κ2) is 8.68. The summed E-state index contributed by atoms with van der Waals surface area (Å²) < 4.78 is 0. The van der Waals surface area contributed by atoms with Gasteiger partial charge in [-0.1, -0.05) is 60.7 Å². The average Bonchev–Trinajstić information content (AvgIpc) is 2.61. The van der Waals surface area contributed by atoms with Gasteiger partial charge in [0.2, 0.25) is 5.91 Å². The van der Waals surface area contributed by atoms with E-state index >= 15 is 0 Å². The Bertz CT molecular complexity index is 748. The van der Waals surface area contributed by atoms with Gasteiger partial charge in [-0.25, -0.2) is 0 Å². The Morgan fingerprint density at radius 2 is 1.21 bits per heavy atom. The van der Waals surface area contributed by atoms with Crippen LogP contribution in [0.4, 0.5) is 0 Å². The summed E-state index contributed by atoms with van der Waals surface area (Å²) >= 11 is 0. The second-order valence-corrected chi connectivity index (χ2v) is 10.0. The average molecular weight is 397 g/mol. The van der Waals surface area contributed by atoms with E-state index in [1.54, 1.807) is 0 Å². The maximum Gasteiger partial charge on any atom is 0.242 e. The third-order valence-corrected chi connectivity index (χ3v) is 4.58. The lowest BCUT2D eigenvalue weighted by molar-refractivity contribution is -0.276. The molecule has 0 atom stereocenters. The fourth-order valence-electron chi connectivity index (χ4n) is 3.39. The molecule has 0 aliphatic heterocycles. The minimum Gasteiger partial charge on any atom is -0.350 e.